The zero-order chi connectivity index (χ0) is 13.0. The lowest BCUT2D eigenvalue weighted by molar-refractivity contribution is -0.135. The molecule has 1 rings (SSSR count). The molecule has 0 radical (unpaired) electrons. The number of hydrogen-bond donors (Lipinski definition) is 0. The van der Waals surface area contributed by atoms with E-state index in [0.29, 0.717) is 10.2 Å². The third-order valence-electron chi connectivity index (χ3n) is 1.99. The molecule has 17 heavy (non-hydrogen) atoms. The molecular weight excluding hydrogens is 245 g/mol. The Balaban J connectivity index is 3.46. The zero-order valence-corrected chi connectivity index (χ0v) is 10.2. The van der Waals surface area contributed by atoms with Gasteiger partial charge in [0.1, 0.15) is 11.2 Å². The molecule has 0 aliphatic heterocycles. The van der Waals surface area contributed by atoms with Crippen LogP contribution in [-0.2, 0) is 9.53 Å². The van der Waals surface area contributed by atoms with Gasteiger partial charge < -0.3 is 4.74 Å². The maximum absolute atomic E-state index is 13.2. The average Bonchev–Trinajstić information content (AvgIpc) is 2.27. The van der Waals surface area contributed by atoms with E-state index in [1.807, 2.05) is 0 Å². The first-order valence-electron chi connectivity index (χ1n) is 4.72. The van der Waals surface area contributed by atoms with Gasteiger partial charge in [-0.15, -0.1) is 0 Å². The Morgan fingerprint density at radius 3 is 2.82 bits per heavy atom. The summed E-state index contributed by atoms with van der Waals surface area (Å²) in [6.07, 6.45) is 2.71. The molecule has 90 valence electrons. The van der Waals surface area contributed by atoms with E-state index < -0.39 is 11.8 Å². The van der Waals surface area contributed by atoms with Crippen LogP contribution in [0.4, 0.5) is 4.39 Å². The van der Waals surface area contributed by atoms with Gasteiger partial charge in [0.05, 0.1) is 17.7 Å². The van der Waals surface area contributed by atoms with Gasteiger partial charge in [-0.25, -0.2) is 9.18 Å². The van der Waals surface area contributed by atoms with Crippen molar-refractivity contribution in [3.05, 3.63) is 40.0 Å². The minimum absolute atomic E-state index is 0.0964. The van der Waals surface area contributed by atoms with Crippen LogP contribution in [0.15, 0.2) is 24.4 Å². The highest BCUT2D eigenvalue weighted by Gasteiger charge is 2.03. The summed E-state index contributed by atoms with van der Waals surface area (Å²) in [4.78, 5) is 15.0. The monoisotopic (exact) mass is 255 g/mol. The van der Waals surface area contributed by atoms with Crippen molar-refractivity contribution >= 4 is 29.5 Å². The average molecular weight is 256 g/mol. The minimum Gasteiger partial charge on any atom is -0.465 e. The second kappa shape index (κ2) is 5.59. The molecule has 0 saturated heterocycles. The van der Waals surface area contributed by atoms with E-state index in [4.69, 9.17) is 11.6 Å². The van der Waals surface area contributed by atoms with Crippen LogP contribution >= 0.6 is 11.6 Å². The molecule has 1 aromatic heterocycles. The normalized spacial score (nSPS) is 13.3. The summed E-state index contributed by atoms with van der Waals surface area (Å²) >= 11 is 5.76. The fraction of sp³-hybridized carbons (Fsp3) is 0.167. The largest absolute Gasteiger partial charge is 0.465 e. The number of esters is 1. The lowest BCUT2D eigenvalue weighted by Crippen LogP contribution is -2.29. The van der Waals surface area contributed by atoms with Crippen molar-refractivity contribution in [2.75, 3.05) is 7.11 Å². The molecule has 0 fully saturated rings. The molecule has 0 spiro atoms. The molecular formula is C12H11ClFNO2. The molecule has 1 heterocycles. The molecule has 0 aromatic carbocycles. The van der Waals surface area contributed by atoms with Gasteiger partial charge in [0, 0.05) is 11.4 Å². The van der Waals surface area contributed by atoms with Crippen LogP contribution in [0, 0.1) is 0 Å². The summed E-state index contributed by atoms with van der Waals surface area (Å²) in [5.41, 5.74) is 0.0964. The lowest BCUT2D eigenvalue weighted by atomic mass is 10.2. The third-order valence-corrected chi connectivity index (χ3v) is 2.19. The highest BCUT2D eigenvalue weighted by atomic mass is 35.5. The fourth-order valence-electron chi connectivity index (χ4n) is 1.23. The maximum atomic E-state index is 13.2. The standard InChI is InChI=1S/C12H11ClFNO2/c1-7(12(16)17-3)4-9-5-10(13)6-15-11(9)8(2)14/h4-6H,1H2,2-3H3/b9-4-,11-8-. The van der Waals surface area contributed by atoms with Crippen LogP contribution in [-0.4, -0.2) is 18.1 Å². The van der Waals surface area contributed by atoms with Crippen molar-refractivity contribution in [2.45, 2.75) is 6.92 Å². The predicted octanol–water partition coefficient (Wildman–Crippen LogP) is 1.34. The van der Waals surface area contributed by atoms with Crippen molar-refractivity contribution in [1.29, 1.82) is 0 Å². The van der Waals surface area contributed by atoms with Crippen LogP contribution < -0.4 is 10.6 Å². The Labute approximate surface area is 103 Å². The molecule has 0 saturated carbocycles. The number of nitrogens with zero attached hydrogens (tertiary/aromatic N) is 1. The van der Waals surface area contributed by atoms with E-state index in [1.165, 1.54) is 32.4 Å². The second-order valence-electron chi connectivity index (χ2n) is 3.29. The maximum Gasteiger partial charge on any atom is 0.337 e. The first-order chi connectivity index (χ1) is 7.95. The second-order valence-corrected chi connectivity index (χ2v) is 3.72. The van der Waals surface area contributed by atoms with Crippen LogP contribution in [0.5, 0.6) is 0 Å². The van der Waals surface area contributed by atoms with Crippen molar-refractivity contribution in [1.82, 2.24) is 4.98 Å². The van der Waals surface area contributed by atoms with Crippen LogP contribution in [0.25, 0.3) is 11.9 Å². The van der Waals surface area contributed by atoms with E-state index in [9.17, 15) is 9.18 Å². The number of hydrogen-bond acceptors (Lipinski definition) is 3. The Morgan fingerprint density at radius 2 is 2.29 bits per heavy atom. The number of rotatable bonds is 2. The number of carbonyl (C=O) groups is 1. The Bertz CT molecular complexity index is 577. The molecule has 0 aliphatic rings. The van der Waals surface area contributed by atoms with Gasteiger partial charge in [0.15, 0.2) is 0 Å². The van der Waals surface area contributed by atoms with Gasteiger partial charge in [-0.1, -0.05) is 18.2 Å². The molecule has 0 bridgehead atoms. The highest BCUT2D eigenvalue weighted by molar-refractivity contribution is 6.30. The first-order valence-corrected chi connectivity index (χ1v) is 5.10. The number of carbonyl (C=O) groups excluding carboxylic acids is 1. The Morgan fingerprint density at radius 1 is 1.65 bits per heavy atom. The molecule has 0 amide bonds. The van der Waals surface area contributed by atoms with Crippen molar-refractivity contribution in [3.63, 3.8) is 0 Å². The van der Waals surface area contributed by atoms with E-state index in [1.54, 1.807) is 0 Å². The molecule has 5 heteroatoms. The van der Waals surface area contributed by atoms with E-state index in [2.05, 4.69) is 16.3 Å². The molecule has 0 unspecified atom stereocenters. The van der Waals surface area contributed by atoms with Crippen LogP contribution in [0.3, 0.4) is 0 Å². The fourth-order valence-corrected chi connectivity index (χ4v) is 1.40. The summed E-state index contributed by atoms with van der Waals surface area (Å²) in [5.74, 6) is -1.06. The van der Waals surface area contributed by atoms with Gasteiger partial charge in [-0.2, -0.15) is 0 Å². The van der Waals surface area contributed by atoms with Gasteiger partial charge in [0.2, 0.25) is 0 Å². The smallest absolute Gasteiger partial charge is 0.337 e. The quantitative estimate of drug-likeness (QED) is 0.591. The molecule has 0 atom stereocenters. The van der Waals surface area contributed by atoms with Gasteiger partial charge in [-0.05, 0) is 19.1 Å². The Hall–Kier alpha value is -1.68. The van der Waals surface area contributed by atoms with Crippen molar-refractivity contribution in [2.24, 2.45) is 0 Å². The Kier molecular flexibility index (Phi) is 4.40. The first kappa shape index (κ1) is 13.4. The van der Waals surface area contributed by atoms with Crippen LogP contribution in [0.2, 0.25) is 5.02 Å². The summed E-state index contributed by atoms with van der Waals surface area (Å²) in [6.45, 7) is 4.79. The SMILES string of the molecule is C=C(/C=c1/cc(Cl)cn/c1=C(/C)F)C(=O)OC. The molecule has 1 aromatic rings. The van der Waals surface area contributed by atoms with E-state index in [-0.39, 0.29) is 10.9 Å². The number of ether oxygens (including phenoxy) is 1. The van der Waals surface area contributed by atoms with Gasteiger partial charge >= 0.3 is 5.97 Å². The summed E-state index contributed by atoms with van der Waals surface area (Å²) in [6, 6.07) is 1.50. The van der Waals surface area contributed by atoms with Crippen molar-refractivity contribution in [3.8, 4) is 0 Å². The zero-order valence-electron chi connectivity index (χ0n) is 9.46. The van der Waals surface area contributed by atoms with Crippen molar-refractivity contribution < 1.29 is 13.9 Å². The van der Waals surface area contributed by atoms with Gasteiger partial charge in [0.25, 0.3) is 0 Å². The highest BCUT2D eigenvalue weighted by Crippen LogP contribution is 2.00. The summed E-state index contributed by atoms with van der Waals surface area (Å²) in [5, 5.41) is 0.853. The molecule has 0 aliphatic carbocycles. The topological polar surface area (TPSA) is 39.2 Å². The summed E-state index contributed by atoms with van der Waals surface area (Å²) < 4.78 is 17.7. The predicted molar refractivity (Wildman–Crippen MR) is 64.3 cm³/mol. The molecule has 3 nitrogen and oxygen atoms in total. The van der Waals surface area contributed by atoms with Crippen LogP contribution in [0.1, 0.15) is 6.92 Å². The number of aromatic nitrogens is 1. The number of halogens is 2. The van der Waals surface area contributed by atoms with Gasteiger partial charge in [-0.3, -0.25) is 4.98 Å². The summed E-state index contributed by atoms with van der Waals surface area (Å²) in [7, 11) is 1.24. The third kappa shape index (κ3) is 3.39. The number of methoxy groups -OCH3 is 1. The number of pyridine rings is 1. The van der Waals surface area contributed by atoms with E-state index >= 15 is 0 Å². The molecule has 0 N–H and O–H groups in total. The van der Waals surface area contributed by atoms with E-state index in [0.717, 1.165) is 0 Å². The minimum atomic E-state index is -0.590. The lowest BCUT2D eigenvalue weighted by Gasteiger charge is -1.97.